The normalized spacial score (nSPS) is 12.1. The van der Waals surface area contributed by atoms with Gasteiger partial charge in [0, 0.05) is 30.3 Å². The maximum absolute atomic E-state index is 13.9. The molecule has 0 unspecified atom stereocenters. The van der Waals surface area contributed by atoms with Crippen molar-refractivity contribution in [2.24, 2.45) is 5.92 Å². The van der Waals surface area contributed by atoms with E-state index in [1.165, 1.54) is 29.9 Å². The molecule has 0 aliphatic rings. The molecular weight excluding hydrogens is 512 g/mol. The highest BCUT2D eigenvalue weighted by molar-refractivity contribution is 5.80. The number of ether oxygens (including phenoxy) is 1. The number of aromatic hydroxyl groups is 3. The molecule has 9 nitrogen and oxygen atoms in total. The molecule has 0 amide bonds. The number of carbonyl (C=O) groups is 1. The first kappa shape index (κ1) is 28.5. The van der Waals surface area contributed by atoms with Crippen LogP contribution in [-0.4, -0.2) is 37.5 Å². The van der Waals surface area contributed by atoms with Gasteiger partial charge in [-0.15, -0.1) is 0 Å². The van der Waals surface area contributed by atoms with Gasteiger partial charge in [-0.3, -0.25) is 14.4 Å². The van der Waals surface area contributed by atoms with Gasteiger partial charge in [0.1, 0.15) is 5.75 Å². The Bertz CT molecular complexity index is 1680. The topological polar surface area (TPSA) is 131 Å². The van der Waals surface area contributed by atoms with Gasteiger partial charge in [-0.05, 0) is 60.5 Å². The van der Waals surface area contributed by atoms with Crippen LogP contribution in [0.2, 0.25) is 0 Å². The number of fused-ring (bicyclic) bond motifs is 1. The zero-order chi connectivity index (χ0) is 29.1. The van der Waals surface area contributed by atoms with Crippen LogP contribution in [0.25, 0.3) is 10.9 Å². The maximum Gasteiger partial charge on any atom is 0.306 e. The van der Waals surface area contributed by atoms with Crippen LogP contribution in [0, 0.1) is 12.8 Å². The SMILES string of the molecule is COC(=O)C[C@H](c1c(O)cc(C)n(CCc2ccc(O)c(O)c2)c1=O)c1cc2ccccc2n(CC(C)C)c1=O. The summed E-state index contributed by atoms with van der Waals surface area (Å²) in [6, 6.07) is 15.0. The highest BCUT2D eigenvalue weighted by atomic mass is 16.5. The Kier molecular flexibility index (Phi) is 8.32. The largest absolute Gasteiger partial charge is 0.507 e. The van der Waals surface area contributed by atoms with E-state index in [-0.39, 0.29) is 52.8 Å². The second kappa shape index (κ2) is 11.7. The molecule has 9 heteroatoms. The summed E-state index contributed by atoms with van der Waals surface area (Å²) in [4.78, 5) is 40.4. The summed E-state index contributed by atoms with van der Waals surface area (Å²) in [6.07, 6.45) is 0.0289. The number of hydrogen-bond donors (Lipinski definition) is 3. The molecule has 0 bridgehead atoms. The average molecular weight is 547 g/mol. The van der Waals surface area contributed by atoms with Crippen molar-refractivity contribution in [3.63, 3.8) is 0 Å². The predicted molar refractivity (Wildman–Crippen MR) is 152 cm³/mol. The molecule has 2 heterocycles. The number of nitrogens with zero attached hydrogens (tertiary/aromatic N) is 2. The first-order valence-corrected chi connectivity index (χ1v) is 13.1. The van der Waals surface area contributed by atoms with E-state index >= 15 is 0 Å². The summed E-state index contributed by atoms with van der Waals surface area (Å²) < 4.78 is 8.05. The Labute approximate surface area is 231 Å². The van der Waals surface area contributed by atoms with Crippen molar-refractivity contribution >= 4 is 16.9 Å². The van der Waals surface area contributed by atoms with Gasteiger partial charge in [-0.1, -0.05) is 38.1 Å². The van der Waals surface area contributed by atoms with Crippen LogP contribution < -0.4 is 11.1 Å². The van der Waals surface area contributed by atoms with E-state index in [2.05, 4.69) is 0 Å². The molecule has 0 saturated heterocycles. The number of para-hydroxylation sites is 1. The fourth-order valence-electron chi connectivity index (χ4n) is 5.10. The lowest BCUT2D eigenvalue weighted by molar-refractivity contribution is -0.140. The third-order valence-electron chi connectivity index (χ3n) is 7.09. The lowest BCUT2D eigenvalue weighted by Gasteiger charge is -2.22. The predicted octanol–water partition coefficient (Wildman–Crippen LogP) is 4.18. The molecule has 4 rings (SSSR count). The number of esters is 1. The monoisotopic (exact) mass is 546 g/mol. The van der Waals surface area contributed by atoms with Crippen LogP contribution in [0.15, 0.2) is 64.2 Å². The van der Waals surface area contributed by atoms with Crippen molar-refractivity contribution in [2.45, 2.75) is 52.6 Å². The number of phenols is 2. The van der Waals surface area contributed by atoms with Crippen molar-refractivity contribution in [3.8, 4) is 17.2 Å². The number of phenolic OH excluding ortho intramolecular Hbond substituents is 2. The first-order valence-electron chi connectivity index (χ1n) is 13.1. The summed E-state index contributed by atoms with van der Waals surface area (Å²) >= 11 is 0. The van der Waals surface area contributed by atoms with Crippen LogP contribution in [0.5, 0.6) is 17.2 Å². The molecule has 0 radical (unpaired) electrons. The minimum Gasteiger partial charge on any atom is -0.507 e. The second-order valence-electron chi connectivity index (χ2n) is 10.4. The quantitative estimate of drug-likeness (QED) is 0.212. The number of carbonyl (C=O) groups excluding carboxylic acids is 1. The summed E-state index contributed by atoms with van der Waals surface area (Å²) in [6.45, 7) is 6.31. The van der Waals surface area contributed by atoms with Crippen LogP contribution >= 0.6 is 0 Å². The maximum atomic E-state index is 13.9. The number of pyridine rings is 2. The van der Waals surface area contributed by atoms with E-state index in [4.69, 9.17) is 4.74 Å². The van der Waals surface area contributed by atoms with Gasteiger partial charge >= 0.3 is 5.97 Å². The van der Waals surface area contributed by atoms with Crippen LogP contribution in [0.1, 0.15) is 48.6 Å². The third kappa shape index (κ3) is 5.73. The summed E-state index contributed by atoms with van der Waals surface area (Å²) in [5.41, 5.74) is 1.20. The van der Waals surface area contributed by atoms with Gasteiger partial charge in [-0.25, -0.2) is 0 Å². The molecule has 4 aromatic rings. The molecule has 3 N–H and O–H groups in total. The average Bonchev–Trinajstić information content (AvgIpc) is 2.91. The Morgan fingerprint density at radius 3 is 2.30 bits per heavy atom. The Hall–Kier alpha value is -4.53. The van der Waals surface area contributed by atoms with Crippen LogP contribution in [-0.2, 0) is 29.0 Å². The smallest absolute Gasteiger partial charge is 0.306 e. The first-order chi connectivity index (χ1) is 19.0. The molecule has 0 saturated carbocycles. The van der Waals surface area contributed by atoms with E-state index in [0.717, 1.165) is 10.9 Å². The summed E-state index contributed by atoms with van der Waals surface area (Å²) in [5, 5.41) is 31.3. The van der Waals surface area contributed by atoms with Gasteiger partial charge in [0.25, 0.3) is 11.1 Å². The standard InChI is InChI=1S/C31H34N2O7/c1-18(2)17-33-24-8-6-5-7-21(24)15-23(30(33)38)22(16-28(37)40-4)29-27(36)13-19(3)32(31(29)39)12-11-20-9-10-25(34)26(35)14-20/h5-10,13-15,18,22,34-36H,11-12,16-17H2,1-4H3/t22-/m0/s1. The Morgan fingerprint density at radius 1 is 0.900 bits per heavy atom. The minimum atomic E-state index is -1.06. The number of hydrogen-bond acceptors (Lipinski definition) is 7. The summed E-state index contributed by atoms with van der Waals surface area (Å²) in [5.74, 6) is -2.34. The zero-order valence-corrected chi connectivity index (χ0v) is 23.0. The zero-order valence-electron chi connectivity index (χ0n) is 23.0. The van der Waals surface area contributed by atoms with Gasteiger partial charge < -0.3 is 29.2 Å². The van der Waals surface area contributed by atoms with Gasteiger partial charge in [0.05, 0.1) is 24.6 Å². The third-order valence-corrected chi connectivity index (χ3v) is 7.09. The van der Waals surface area contributed by atoms with E-state index in [0.29, 0.717) is 24.2 Å². The van der Waals surface area contributed by atoms with Gasteiger partial charge in [0.15, 0.2) is 11.5 Å². The Balaban J connectivity index is 1.89. The van der Waals surface area contributed by atoms with Crippen molar-refractivity contribution in [1.29, 1.82) is 0 Å². The minimum absolute atomic E-state index is 0.0620. The lowest BCUT2D eigenvalue weighted by Crippen LogP contribution is -2.33. The molecule has 210 valence electrons. The summed E-state index contributed by atoms with van der Waals surface area (Å²) in [7, 11) is 1.23. The fraction of sp³-hybridized carbons (Fsp3) is 0.323. The molecule has 0 aliphatic carbocycles. The van der Waals surface area contributed by atoms with Crippen molar-refractivity contribution < 1.29 is 24.9 Å². The van der Waals surface area contributed by atoms with Gasteiger partial charge in [-0.2, -0.15) is 0 Å². The van der Waals surface area contributed by atoms with E-state index < -0.39 is 17.4 Å². The van der Waals surface area contributed by atoms with Crippen molar-refractivity contribution in [1.82, 2.24) is 9.13 Å². The van der Waals surface area contributed by atoms with E-state index in [9.17, 15) is 29.7 Å². The fourth-order valence-corrected chi connectivity index (χ4v) is 5.10. The number of aryl methyl sites for hydroxylation is 2. The molecule has 40 heavy (non-hydrogen) atoms. The van der Waals surface area contributed by atoms with E-state index in [1.54, 1.807) is 23.6 Å². The molecule has 1 atom stereocenters. The van der Waals surface area contributed by atoms with Crippen molar-refractivity contribution in [3.05, 3.63) is 97.7 Å². The molecule has 2 aromatic heterocycles. The highest BCUT2D eigenvalue weighted by Crippen LogP contribution is 2.33. The van der Waals surface area contributed by atoms with Crippen molar-refractivity contribution in [2.75, 3.05) is 7.11 Å². The molecular formula is C31H34N2O7. The number of rotatable bonds is 9. The van der Waals surface area contributed by atoms with Crippen LogP contribution in [0.4, 0.5) is 0 Å². The number of methoxy groups -OCH3 is 1. The molecule has 0 fully saturated rings. The number of benzene rings is 2. The second-order valence-corrected chi connectivity index (χ2v) is 10.4. The lowest BCUT2D eigenvalue weighted by atomic mass is 9.88. The Morgan fingerprint density at radius 2 is 1.62 bits per heavy atom. The molecule has 2 aromatic carbocycles. The molecule has 0 spiro atoms. The highest BCUT2D eigenvalue weighted by Gasteiger charge is 2.30. The van der Waals surface area contributed by atoms with E-state index in [1.807, 2.05) is 38.1 Å². The number of aromatic nitrogens is 2. The molecule has 0 aliphatic heterocycles. The van der Waals surface area contributed by atoms with Gasteiger partial charge in [0.2, 0.25) is 0 Å². The van der Waals surface area contributed by atoms with Crippen LogP contribution in [0.3, 0.4) is 0 Å².